The Bertz CT molecular complexity index is 599. The van der Waals surface area contributed by atoms with E-state index in [1.807, 2.05) is 0 Å². The van der Waals surface area contributed by atoms with E-state index in [4.69, 9.17) is 9.84 Å². The van der Waals surface area contributed by atoms with Crippen molar-refractivity contribution in [2.45, 2.75) is 6.42 Å². The van der Waals surface area contributed by atoms with Crippen LogP contribution in [0.15, 0.2) is 42.7 Å². The Balaban J connectivity index is 2.15. The standard InChI is InChI=1S/C13H10N2O4/c16-11(8-12(17)18)9-3-1-4-10(7-9)19-13-14-5-2-6-15-13/h1-7H,8H2,(H,17,18). The molecule has 1 aromatic carbocycles. The Hall–Kier alpha value is -2.76. The number of benzene rings is 1. The van der Waals surface area contributed by atoms with E-state index in [1.54, 1.807) is 18.2 Å². The van der Waals surface area contributed by atoms with Crippen molar-refractivity contribution in [3.8, 4) is 11.8 Å². The first-order chi connectivity index (χ1) is 9.15. The smallest absolute Gasteiger partial charge is 0.321 e. The van der Waals surface area contributed by atoms with Gasteiger partial charge in [0, 0.05) is 18.0 Å². The highest BCUT2D eigenvalue weighted by molar-refractivity contribution is 6.05. The van der Waals surface area contributed by atoms with Gasteiger partial charge < -0.3 is 9.84 Å². The van der Waals surface area contributed by atoms with Crippen LogP contribution in [0, 0.1) is 0 Å². The summed E-state index contributed by atoms with van der Waals surface area (Å²) in [6.45, 7) is 0. The molecule has 0 bridgehead atoms. The van der Waals surface area contributed by atoms with Gasteiger partial charge in [-0.15, -0.1) is 0 Å². The van der Waals surface area contributed by atoms with Crippen LogP contribution in [0.4, 0.5) is 0 Å². The molecule has 0 saturated heterocycles. The zero-order valence-electron chi connectivity index (χ0n) is 9.81. The van der Waals surface area contributed by atoms with E-state index in [0.29, 0.717) is 5.75 Å². The van der Waals surface area contributed by atoms with E-state index < -0.39 is 18.2 Å². The molecule has 6 nitrogen and oxygen atoms in total. The van der Waals surface area contributed by atoms with Crippen LogP contribution in [0.3, 0.4) is 0 Å². The molecule has 0 aliphatic carbocycles. The fourth-order valence-electron chi connectivity index (χ4n) is 1.42. The van der Waals surface area contributed by atoms with E-state index >= 15 is 0 Å². The number of nitrogens with zero attached hydrogens (tertiary/aromatic N) is 2. The molecule has 0 saturated carbocycles. The molecule has 6 heteroatoms. The number of hydrogen-bond acceptors (Lipinski definition) is 5. The number of carboxylic acid groups (broad SMARTS) is 1. The summed E-state index contributed by atoms with van der Waals surface area (Å²) >= 11 is 0. The SMILES string of the molecule is O=C(O)CC(=O)c1cccc(Oc2ncccn2)c1. The monoisotopic (exact) mass is 258 g/mol. The van der Waals surface area contributed by atoms with Gasteiger partial charge in [0.05, 0.1) is 0 Å². The van der Waals surface area contributed by atoms with Crippen LogP contribution >= 0.6 is 0 Å². The second-order valence-electron chi connectivity index (χ2n) is 3.65. The first kappa shape index (κ1) is 12.7. The second kappa shape index (κ2) is 5.72. The van der Waals surface area contributed by atoms with E-state index in [9.17, 15) is 9.59 Å². The van der Waals surface area contributed by atoms with Gasteiger partial charge in [0.15, 0.2) is 5.78 Å². The first-order valence-corrected chi connectivity index (χ1v) is 5.45. The van der Waals surface area contributed by atoms with Gasteiger partial charge in [0.2, 0.25) is 0 Å². The highest BCUT2D eigenvalue weighted by Crippen LogP contribution is 2.19. The Morgan fingerprint density at radius 3 is 2.58 bits per heavy atom. The minimum atomic E-state index is -1.16. The molecule has 2 rings (SSSR count). The summed E-state index contributed by atoms with van der Waals surface area (Å²) in [4.78, 5) is 29.8. The third-order valence-electron chi connectivity index (χ3n) is 2.22. The van der Waals surface area contributed by atoms with Gasteiger partial charge in [-0.25, -0.2) is 9.97 Å². The second-order valence-corrected chi connectivity index (χ2v) is 3.65. The lowest BCUT2D eigenvalue weighted by atomic mass is 10.1. The maximum absolute atomic E-state index is 11.6. The first-order valence-electron chi connectivity index (χ1n) is 5.45. The van der Waals surface area contributed by atoms with Crippen LogP contribution in [0.5, 0.6) is 11.8 Å². The number of carbonyl (C=O) groups excluding carboxylic acids is 1. The summed E-state index contributed by atoms with van der Waals surface area (Å²) in [6.07, 6.45) is 2.51. The molecule has 1 heterocycles. The van der Waals surface area contributed by atoms with Gasteiger partial charge in [0.25, 0.3) is 0 Å². The molecular formula is C13H10N2O4. The maximum atomic E-state index is 11.6. The van der Waals surface area contributed by atoms with Gasteiger partial charge in [0.1, 0.15) is 12.2 Å². The topological polar surface area (TPSA) is 89.4 Å². The molecule has 2 aromatic rings. The Labute approximate surface area is 108 Å². The highest BCUT2D eigenvalue weighted by Gasteiger charge is 2.11. The summed E-state index contributed by atoms with van der Waals surface area (Å²) in [6, 6.07) is 8.04. The predicted octanol–water partition coefficient (Wildman–Crippen LogP) is 1.93. The third-order valence-corrected chi connectivity index (χ3v) is 2.22. The molecule has 0 radical (unpaired) electrons. The summed E-state index contributed by atoms with van der Waals surface area (Å²) in [5.74, 6) is -1.27. The van der Waals surface area contributed by atoms with Gasteiger partial charge in [-0.3, -0.25) is 9.59 Å². The molecule has 1 N–H and O–H groups in total. The molecule has 96 valence electrons. The number of carboxylic acids is 1. The summed E-state index contributed by atoms with van der Waals surface area (Å²) in [7, 11) is 0. The Morgan fingerprint density at radius 1 is 1.16 bits per heavy atom. The van der Waals surface area contributed by atoms with Crippen molar-refractivity contribution < 1.29 is 19.4 Å². The number of hydrogen-bond donors (Lipinski definition) is 1. The summed E-state index contributed by atoms with van der Waals surface area (Å²) in [5, 5.41) is 8.58. The zero-order valence-corrected chi connectivity index (χ0v) is 9.81. The Kier molecular flexibility index (Phi) is 3.82. The quantitative estimate of drug-likeness (QED) is 0.651. The summed E-state index contributed by atoms with van der Waals surface area (Å²) < 4.78 is 5.35. The van der Waals surface area contributed by atoms with Gasteiger partial charge in [-0.1, -0.05) is 12.1 Å². The van der Waals surface area contributed by atoms with Gasteiger partial charge >= 0.3 is 12.0 Å². The molecule has 0 aliphatic rings. The lowest BCUT2D eigenvalue weighted by molar-refractivity contribution is -0.135. The molecular weight excluding hydrogens is 248 g/mol. The van der Waals surface area contributed by atoms with Crippen LogP contribution in [0.1, 0.15) is 16.8 Å². The van der Waals surface area contributed by atoms with E-state index in [2.05, 4.69) is 9.97 Å². The maximum Gasteiger partial charge on any atom is 0.321 e. The van der Waals surface area contributed by atoms with Crippen molar-refractivity contribution in [3.05, 3.63) is 48.3 Å². The molecule has 1 aromatic heterocycles. The van der Waals surface area contributed by atoms with Crippen molar-refractivity contribution in [2.75, 3.05) is 0 Å². The lowest BCUT2D eigenvalue weighted by Gasteiger charge is -2.04. The molecule has 0 atom stereocenters. The predicted molar refractivity (Wildman–Crippen MR) is 65.1 cm³/mol. The van der Waals surface area contributed by atoms with E-state index in [-0.39, 0.29) is 11.6 Å². The summed E-state index contributed by atoms with van der Waals surface area (Å²) in [5.41, 5.74) is 0.274. The number of aromatic nitrogens is 2. The number of carbonyl (C=O) groups is 2. The van der Waals surface area contributed by atoms with E-state index in [1.165, 1.54) is 24.5 Å². The van der Waals surface area contributed by atoms with Gasteiger partial charge in [-0.2, -0.15) is 0 Å². The molecule has 0 fully saturated rings. The van der Waals surface area contributed by atoms with Crippen LogP contribution in [-0.2, 0) is 4.79 Å². The fraction of sp³-hybridized carbons (Fsp3) is 0.0769. The minimum Gasteiger partial charge on any atom is -0.481 e. The van der Waals surface area contributed by atoms with Crippen molar-refractivity contribution in [2.24, 2.45) is 0 Å². The number of ether oxygens (including phenoxy) is 1. The van der Waals surface area contributed by atoms with E-state index in [0.717, 1.165) is 0 Å². The average molecular weight is 258 g/mol. The molecule has 0 spiro atoms. The zero-order chi connectivity index (χ0) is 13.7. The van der Waals surface area contributed by atoms with Crippen molar-refractivity contribution >= 4 is 11.8 Å². The highest BCUT2D eigenvalue weighted by atomic mass is 16.5. The van der Waals surface area contributed by atoms with Crippen LogP contribution in [0.2, 0.25) is 0 Å². The molecule has 0 amide bonds. The molecule has 19 heavy (non-hydrogen) atoms. The normalized spacial score (nSPS) is 9.89. The van der Waals surface area contributed by atoms with Gasteiger partial charge in [-0.05, 0) is 18.2 Å². The van der Waals surface area contributed by atoms with Crippen LogP contribution < -0.4 is 4.74 Å². The van der Waals surface area contributed by atoms with Crippen molar-refractivity contribution in [1.82, 2.24) is 9.97 Å². The lowest BCUT2D eigenvalue weighted by Crippen LogP contribution is -2.06. The largest absolute Gasteiger partial charge is 0.481 e. The number of aliphatic carboxylic acids is 1. The minimum absolute atomic E-state index is 0.158. The number of rotatable bonds is 5. The fourth-order valence-corrected chi connectivity index (χ4v) is 1.42. The average Bonchev–Trinajstić information content (AvgIpc) is 2.39. The van der Waals surface area contributed by atoms with Crippen LogP contribution in [0.25, 0.3) is 0 Å². The van der Waals surface area contributed by atoms with Crippen molar-refractivity contribution in [3.63, 3.8) is 0 Å². The Morgan fingerprint density at radius 2 is 1.89 bits per heavy atom. The molecule has 0 aliphatic heterocycles. The number of ketones is 1. The molecule has 0 unspecified atom stereocenters. The van der Waals surface area contributed by atoms with Crippen LogP contribution in [-0.4, -0.2) is 26.8 Å². The third kappa shape index (κ3) is 3.60. The number of Topliss-reactive ketones (excluding diaryl/α,β-unsaturated/α-hetero) is 1. The van der Waals surface area contributed by atoms with Crippen molar-refractivity contribution in [1.29, 1.82) is 0 Å².